The number of nitrogens with one attached hydrogen (secondary N) is 2. The van der Waals surface area contributed by atoms with Crippen molar-refractivity contribution in [2.75, 3.05) is 5.32 Å². The van der Waals surface area contributed by atoms with Crippen LogP contribution in [0.5, 0.6) is 0 Å². The molecule has 0 aliphatic carbocycles. The van der Waals surface area contributed by atoms with Crippen LogP contribution < -0.4 is 10.4 Å². The summed E-state index contributed by atoms with van der Waals surface area (Å²) >= 11 is 0. The maximum Gasteiger partial charge on any atom is 0.221 e. The fraction of sp³-hybridized carbons (Fsp3) is 0.0909. The zero-order valence-electron chi connectivity index (χ0n) is 8.53. The largest absolute Gasteiger partial charge is 0.543 e. The minimum absolute atomic E-state index is 0.114. The average molecular weight is 217 g/mol. The molecule has 0 saturated heterocycles. The lowest BCUT2D eigenvalue weighted by molar-refractivity contribution is -0.255. The third kappa shape index (κ3) is 1.63. The molecule has 0 fully saturated rings. The van der Waals surface area contributed by atoms with Crippen LogP contribution in [0.4, 0.5) is 5.69 Å². The van der Waals surface area contributed by atoms with Crippen molar-refractivity contribution in [3.63, 3.8) is 0 Å². The Kier molecular flexibility index (Phi) is 2.36. The highest BCUT2D eigenvalue weighted by atomic mass is 16.4. The molecule has 1 amide bonds. The number of amides is 1. The van der Waals surface area contributed by atoms with Gasteiger partial charge >= 0.3 is 0 Å². The van der Waals surface area contributed by atoms with E-state index in [-0.39, 0.29) is 17.3 Å². The molecule has 16 heavy (non-hydrogen) atoms. The van der Waals surface area contributed by atoms with Gasteiger partial charge in [0, 0.05) is 17.8 Å². The molecule has 1 heterocycles. The highest BCUT2D eigenvalue weighted by Gasteiger charge is 2.12. The average Bonchev–Trinajstić information content (AvgIpc) is 2.57. The van der Waals surface area contributed by atoms with Gasteiger partial charge in [-0.2, -0.15) is 0 Å². The first kappa shape index (κ1) is 10.2. The number of rotatable bonds is 2. The van der Waals surface area contributed by atoms with E-state index in [1.165, 1.54) is 6.92 Å². The van der Waals surface area contributed by atoms with Gasteiger partial charge in [-0.1, -0.05) is 18.2 Å². The maximum atomic E-state index is 11.0. The third-order valence-electron chi connectivity index (χ3n) is 2.21. The summed E-state index contributed by atoms with van der Waals surface area (Å²) in [5, 5.41) is 14.0. The Morgan fingerprint density at radius 3 is 2.62 bits per heavy atom. The topological polar surface area (TPSA) is 85.0 Å². The fourth-order valence-electron chi connectivity index (χ4n) is 1.60. The highest BCUT2D eigenvalue weighted by Crippen LogP contribution is 2.27. The van der Waals surface area contributed by atoms with Crippen LogP contribution >= 0.6 is 0 Å². The van der Waals surface area contributed by atoms with E-state index in [2.05, 4.69) is 10.3 Å². The number of carbonyl (C=O) groups is 2. The molecular weight excluding hydrogens is 208 g/mol. The van der Waals surface area contributed by atoms with Gasteiger partial charge in [0.05, 0.1) is 17.4 Å². The number of hydrogen-bond acceptors (Lipinski definition) is 3. The molecule has 0 unspecified atom stereocenters. The van der Waals surface area contributed by atoms with Crippen molar-refractivity contribution < 1.29 is 14.7 Å². The maximum absolute atomic E-state index is 11.0. The molecule has 1 aromatic carbocycles. The summed E-state index contributed by atoms with van der Waals surface area (Å²) in [6, 6.07) is 6.99. The van der Waals surface area contributed by atoms with E-state index < -0.39 is 5.97 Å². The quantitative estimate of drug-likeness (QED) is 0.767. The lowest BCUT2D eigenvalue weighted by Gasteiger charge is -2.05. The Balaban J connectivity index is 2.69. The van der Waals surface area contributed by atoms with E-state index in [1.54, 1.807) is 24.3 Å². The van der Waals surface area contributed by atoms with Crippen molar-refractivity contribution in [2.24, 2.45) is 0 Å². The van der Waals surface area contributed by atoms with Crippen molar-refractivity contribution >= 4 is 28.5 Å². The molecule has 5 nitrogen and oxygen atoms in total. The van der Waals surface area contributed by atoms with Crippen LogP contribution in [0.15, 0.2) is 24.3 Å². The summed E-state index contributed by atoms with van der Waals surface area (Å²) in [5.74, 6) is -1.67. The molecular formula is C11H9N2O3-. The second kappa shape index (κ2) is 3.69. The van der Waals surface area contributed by atoms with Crippen LogP contribution in [-0.4, -0.2) is 16.9 Å². The van der Waals surface area contributed by atoms with E-state index in [0.29, 0.717) is 10.9 Å². The molecule has 2 aromatic rings. The zero-order valence-corrected chi connectivity index (χ0v) is 8.53. The summed E-state index contributed by atoms with van der Waals surface area (Å²) in [5.41, 5.74) is 0.782. The Labute approximate surface area is 91.1 Å². The molecule has 0 aliphatic rings. The van der Waals surface area contributed by atoms with Crippen LogP contribution in [0, 0.1) is 0 Å². The van der Waals surface area contributed by atoms with E-state index in [1.807, 2.05) is 0 Å². The number of carboxylic acid groups (broad SMARTS) is 1. The number of aromatic carboxylic acids is 1. The Morgan fingerprint density at radius 2 is 2.00 bits per heavy atom. The zero-order chi connectivity index (χ0) is 11.7. The first-order valence-electron chi connectivity index (χ1n) is 4.69. The summed E-state index contributed by atoms with van der Waals surface area (Å²) in [6.45, 7) is 1.32. The van der Waals surface area contributed by atoms with Gasteiger partial charge in [-0.25, -0.2) is 0 Å². The molecule has 0 radical (unpaired) electrons. The van der Waals surface area contributed by atoms with Gasteiger partial charge in [0.1, 0.15) is 0 Å². The van der Waals surface area contributed by atoms with Gasteiger partial charge in [-0.3, -0.25) is 4.79 Å². The highest BCUT2D eigenvalue weighted by molar-refractivity contribution is 6.09. The van der Waals surface area contributed by atoms with Crippen LogP contribution in [0.1, 0.15) is 17.4 Å². The van der Waals surface area contributed by atoms with Crippen molar-refractivity contribution in [3.8, 4) is 0 Å². The van der Waals surface area contributed by atoms with Gasteiger partial charge < -0.3 is 20.2 Å². The van der Waals surface area contributed by atoms with Gasteiger partial charge in [-0.05, 0) is 6.07 Å². The molecule has 5 heteroatoms. The molecule has 0 saturated carbocycles. The monoisotopic (exact) mass is 217 g/mol. The number of hydrogen-bond donors (Lipinski definition) is 2. The molecule has 2 N–H and O–H groups in total. The normalized spacial score (nSPS) is 10.3. The second-order valence-electron chi connectivity index (χ2n) is 3.39. The number of fused-ring (bicyclic) bond motifs is 1. The minimum atomic E-state index is -1.35. The first-order valence-corrected chi connectivity index (χ1v) is 4.69. The van der Waals surface area contributed by atoms with Gasteiger partial charge in [-0.15, -0.1) is 0 Å². The van der Waals surface area contributed by atoms with Crippen LogP contribution in [-0.2, 0) is 4.79 Å². The van der Waals surface area contributed by atoms with Gasteiger partial charge in [0.2, 0.25) is 5.91 Å². The fourth-order valence-corrected chi connectivity index (χ4v) is 1.60. The van der Waals surface area contributed by atoms with E-state index in [0.717, 1.165) is 0 Å². The smallest absolute Gasteiger partial charge is 0.221 e. The third-order valence-corrected chi connectivity index (χ3v) is 2.21. The second-order valence-corrected chi connectivity index (χ2v) is 3.39. The number of carbonyl (C=O) groups excluding carboxylic acids is 2. The lowest BCUT2D eigenvalue weighted by Crippen LogP contribution is -2.24. The predicted octanol–water partition coefficient (Wildman–Crippen LogP) is 0.490. The summed E-state index contributed by atoms with van der Waals surface area (Å²) in [4.78, 5) is 24.6. The van der Waals surface area contributed by atoms with Crippen LogP contribution in [0.3, 0.4) is 0 Å². The SMILES string of the molecule is CC(=O)Nc1c(C(=O)[O-])[nH]c2ccccc12. The Hall–Kier alpha value is -2.30. The van der Waals surface area contributed by atoms with E-state index in [9.17, 15) is 14.7 Å². The summed E-state index contributed by atoms with van der Waals surface area (Å²) in [7, 11) is 0. The number of carboxylic acids is 1. The molecule has 0 bridgehead atoms. The number of anilines is 1. The van der Waals surface area contributed by atoms with E-state index >= 15 is 0 Å². The molecule has 1 aromatic heterocycles. The number of aromatic nitrogens is 1. The summed E-state index contributed by atoms with van der Waals surface area (Å²) < 4.78 is 0. The molecule has 82 valence electrons. The summed E-state index contributed by atoms with van der Waals surface area (Å²) in [6.07, 6.45) is 0. The van der Waals surface area contributed by atoms with Crippen molar-refractivity contribution in [1.29, 1.82) is 0 Å². The lowest BCUT2D eigenvalue weighted by atomic mass is 10.2. The predicted molar refractivity (Wildman–Crippen MR) is 56.9 cm³/mol. The van der Waals surface area contributed by atoms with Crippen molar-refractivity contribution in [1.82, 2.24) is 4.98 Å². The van der Waals surface area contributed by atoms with Gasteiger partial charge in [0.25, 0.3) is 0 Å². The van der Waals surface area contributed by atoms with E-state index in [4.69, 9.17) is 0 Å². The number of benzene rings is 1. The Morgan fingerprint density at radius 1 is 1.31 bits per heavy atom. The number of aromatic amines is 1. The van der Waals surface area contributed by atoms with Crippen molar-refractivity contribution in [2.45, 2.75) is 6.92 Å². The van der Waals surface area contributed by atoms with Crippen LogP contribution in [0.2, 0.25) is 0 Å². The molecule has 2 rings (SSSR count). The molecule has 0 aliphatic heterocycles. The molecule has 0 atom stereocenters. The standard InChI is InChI=1S/C11H10N2O3/c1-6(14)12-9-7-4-2-3-5-8(7)13-10(9)11(15)16/h2-5,13H,1H3,(H,12,14)(H,15,16)/p-1. The molecule has 0 spiro atoms. The number of para-hydroxylation sites is 1. The van der Waals surface area contributed by atoms with Crippen molar-refractivity contribution in [3.05, 3.63) is 30.0 Å². The minimum Gasteiger partial charge on any atom is -0.543 e. The van der Waals surface area contributed by atoms with Gasteiger partial charge in [0.15, 0.2) is 0 Å². The van der Waals surface area contributed by atoms with Crippen LogP contribution in [0.25, 0.3) is 10.9 Å². The number of H-pyrrole nitrogens is 1. The Bertz CT molecular complexity index is 572. The first-order chi connectivity index (χ1) is 7.59.